The molecule has 0 radical (unpaired) electrons. The Morgan fingerprint density at radius 3 is 3.00 bits per heavy atom. The van der Waals surface area contributed by atoms with Crippen molar-refractivity contribution in [3.8, 4) is 0 Å². The van der Waals surface area contributed by atoms with Gasteiger partial charge in [-0.15, -0.1) is 0 Å². The first kappa shape index (κ1) is 8.72. The van der Waals surface area contributed by atoms with Crippen molar-refractivity contribution in [2.45, 2.75) is 25.8 Å². The summed E-state index contributed by atoms with van der Waals surface area (Å²) in [4.78, 5) is 4.34. The molecule has 1 saturated heterocycles. The van der Waals surface area contributed by atoms with Crippen molar-refractivity contribution in [1.82, 2.24) is 4.98 Å². The molecular weight excluding hydrogens is 168 g/mol. The van der Waals surface area contributed by atoms with Crippen molar-refractivity contribution in [2.75, 3.05) is 13.2 Å². The van der Waals surface area contributed by atoms with Gasteiger partial charge in [-0.05, 0) is 13.3 Å². The molecule has 0 aliphatic carbocycles. The fraction of sp³-hybridized carbons (Fsp3) is 0.667. The van der Waals surface area contributed by atoms with Crippen LogP contribution in [0.1, 0.15) is 29.7 Å². The molecule has 2 rings (SSSR count). The molecular formula is C9H14N2O2. The first-order valence-corrected chi connectivity index (χ1v) is 4.55. The second-order valence-electron chi connectivity index (χ2n) is 3.31. The summed E-state index contributed by atoms with van der Waals surface area (Å²) in [7, 11) is 0. The van der Waals surface area contributed by atoms with Gasteiger partial charge < -0.3 is 14.9 Å². The van der Waals surface area contributed by atoms with Crippen molar-refractivity contribution in [2.24, 2.45) is 5.73 Å². The number of hydrogen-bond donors (Lipinski definition) is 1. The second kappa shape index (κ2) is 3.47. The maximum Gasteiger partial charge on any atom is 0.208 e. The van der Waals surface area contributed by atoms with Crippen LogP contribution >= 0.6 is 0 Å². The molecule has 0 bridgehead atoms. The first-order valence-electron chi connectivity index (χ1n) is 4.55. The molecule has 1 aromatic heterocycles. The van der Waals surface area contributed by atoms with Crippen LogP contribution in [0.15, 0.2) is 4.42 Å². The molecule has 1 atom stereocenters. The number of nitrogens with zero attached hydrogens (tertiary/aromatic N) is 1. The summed E-state index contributed by atoms with van der Waals surface area (Å²) < 4.78 is 10.7. The standard InChI is InChI=1S/C9H14N2O2/c1-6-9(7-2-3-12-5-7)11-8(4-10)13-6/h7H,2-5,10H2,1H3. The van der Waals surface area contributed by atoms with E-state index < -0.39 is 0 Å². The Morgan fingerprint density at radius 2 is 2.46 bits per heavy atom. The lowest BCUT2D eigenvalue weighted by atomic mass is 10.0. The van der Waals surface area contributed by atoms with E-state index in [0.717, 1.165) is 31.1 Å². The van der Waals surface area contributed by atoms with E-state index in [2.05, 4.69) is 4.98 Å². The van der Waals surface area contributed by atoms with Gasteiger partial charge in [-0.3, -0.25) is 0 Å². The number of aromatic nitrogens is 1. The van der Waals surface area contributed by atoms with Crippen molar-refractivity contribution in [3.63, 3.8) is 0 Å². The quantitative estimate of drug-likeness (QED) is 0.739. The summed E-state index contributed by atoms with van der Waals surface area (Å²) in [6.07, 6.45) is 1.04. The van der Waals surface area contributed by atoms with E-state index in [1.165, 1.54) is 0 Å². The highest BCUT2D eigenvalue weighted by Gasteiger charge is 2.23. The predicted octanol–water partition coefficient (Wildman–Crippen LogP) is 0.946. The van der Waals surface area contributed by atoms with Crippen LogP contribution < -0.4 is 5.73 Å². The molecule has 4 heteroatoms. The Hall–Kier alpha value is -0.870. The molecule has 0 spiro atoms. The summed E-state index contributed by atoms with van der Waals surface area (Å²) in [5, 5.41) is 0. The maximum absolute atomic E-state index is 5.44. The Kier molecular flexibility index (Phi) is 2.33. The van der Waals surface area contributed by atoms with Gasteiger partial charge in [0.2, 0.25) is 5.89 Å². The van der Waals surface area contributed by atoms with Gasteiger partial charge in [0, 0.05) is 12.5 Å². The van der Waals surface area contributed by atoms with Gasteiger partial charge in [-0.1, -0.05) is 0 Å². The molecule has 0 aromatic carbocycles. The topological polar surface area (TPSA) is 61.3 Å². The van der Waals surface area contributed by atoms with E-state index >= 15 is 0 Å². The highest BCUT2D eigenvalue weighted by atomic mass is 16.5. The van der Waals surface area contributed by atoms with Gasteiger partial charge in [0.05, 0.1) is 18.8 Å². The van der Waals surface area contributed by atoms with Crippen LogP contribution in [0.25, 0.3) is 0 Å². The number of aryl methyl sites for hydroxylation is 1. The van der Waals surface area contributed by atoms with Crippen LogP contribution in [0.4, 0.5) is 0 Å². The maximum atomic E-state index is 5.44. The minimum absolute atomic E-state index is 0.369. The van der Waals surface area contributed by atoms with E-state index in [0.29, 0.717) is 18.4 Å². The zero-order valence-corrected chi connectivity index (χ0v) is 7.75. The number of hydrogen-bond acceptors (Lipinski definition) is 4. The van der Waals surface area contributed by atoms with Crippen LogP contribution in [0.2, 0.25) is 0 Å². The predicted molar refractivity (Wildman–Crippen MR) is 47.3 cm³/mol. The van der Waals surface area contributed by atoms with Crippen molar-refractivity contribution >= 4 is 0 Å². The van der Waals surface area contributed by atoms with E-state index in [9.17, 15) is 0 Å². The van der Waals surface area contributed by atoms with E-state index in [1.54, 1.807) is 0 Å². The highest BCUT2D eigenvalue weighted by Crippen LogP contribution is 2.27. The lowest BCUT2D eigenvalue weighted by Gasteiger charge is -2.02. The van der Waals surface area contributed by atoms with Crippen LogP contribution in [-0.4, -0.2) is 18.2 Å². The third-order valence-corrected chi connectivity index (χ3v) is 2.37. The smallest absolute Gasteiger partial charge is 0.208 e. The monoisotopic (exact) mass is 182 g/mol. The highest BCUT2D eigenvalue weighted by molar-refractivity contribution is 5.15. The van der Waals surface area contributed by atoms with E-state index in [-0.39, 0.29) is 0 Å². The van der Waals surface area contributed by atoms with Crippen LogP contribution in [0.5, 0.6) is 0 Å². The Morgan fingerprint density at radius 1 is 1.62 bits per heavy atom. The molecule has 1 unspecified atom stereocenters. The van der Waals surface area contributed by atoms with Crippen molar-refractivity contribution in [1.29, 1.82) is 0 Å². The van der Waals surface area contributed by atoms with Gasteiger partial charge in [-0.2, -0.15) is 0 Å². The number of rotatable bonds is 2. The Bertz CT molecular complexity index is 290. The first-order chi connectivity index (χ1) is 6.31. The number of oxazole rings is 1. The summed E-state index contributed by atoms with van der Waals surface area (Å²) in [5.41, 5.74) is 6.47. The fourth-order valence-electron chi connectivity index (χ4n) is 1.68. The molecule has 2 N–H and O–H groups in total. The Balaban J connectivity index is 2.22. The number of ether oxygens (including phenoxy) is 1. The molecule has 0 saturated carbocycles. The van der Waals surface area contributed by atoms with Gasteiger partial charge in [0.25, 0.3) is 0 Å². The molecule has 0 amide bonds. The average Bonchev–Trinajstić information content (AvgIpc) is 2.72. The van der Waals surface area contributed by atoms with Gasteiger partial charge >= 0.3 is 0 Å². The fourth-order valence-corrected chi connectivity index (χ4v) is 1.68. The molecule has 72 valence electrons. The molecule has 4 nitrogen and oxygen atoms in total. The number of nitrogens with two attached hydrogens (primary N) is 1. The molecule has 1 aliphatic heterocycles. The minimum Gasteiger partial charge on any atom is -0.444 e. The zero-order valence-electron chi connectivity index (χ0n) is 7.75. The summed E-state index contributed by atoms with van der Waals surface area (Å²) in [5.74, 6) is 1.92. The summed E-state index contributed by atoms with van der Waals surface area (Å²) in [6, 6.07) is 0. The molecule has 1 aromatic rings. The SMILES string of the molecule is Cc1oc(CN)nc1C1CCOC1. The zero-order chi connectivity index (χ0) is 9.26. The second-order valence-corrected chi connectivity index (χ2v) is 3.31. The van der Waals surface area contributed by atoms with E-state index in [1.807, 2.05) is 6.92 Å². The molecule has 2 heterocycles. The van der Waals surface area contributed by atoms with Crippen molar-refractivity contribution < 1.29 is 9.15 Å². The lowest BCUT2D eigenvalue weighted by molar-refractivity contribution is 0.193. The lowest BCUT2D eigenvalue weighted by Crippen LogP contribution is -2.01. The van der Waals surface area contributed by atoms with Crippen molar-refractivity contribution in [3.05, 3.63) is 17.3 Å². The van der Waals surface area contributed by atoms with Gasteiger partial charge in [-0.25, -0.2) is 4.98 Å². The molecule has 1 aliphatic rings. The summed E-state index contributed by atoms with van der Waals surface area (Å²) in [6.45, 7) is 3.89. The van der Waals surface area contributed by atoms with Crippen LogP contribution in [0.3, 0.4) is 0 Å². The third-order valence-electron chi connectivity index (χ3n) is 2.37. The summed E-state index contributed by atoms with van der Waals surface area (Å²) >= 11 is 0. The average molecular weight is 182 g/mol. The largest absolute Gasteiger partial charge is 0.444 e. The van der Waals surface area contributed by atoms with E-state index in [4.69, 9.17) is 14.9 Å². The Labute approximate surface area is 77.1 Å². The van der Waals surface area contributed by atoms with Gasteiger partial charge in [0.15, 0.2) is 0 Å². The van der Waals surface area contributed by atoms with Crippen LogP contribution in [-0.2, 0) is 11.3 Å². The molecule has 13 heavy (non-hydrogen) atoms. The normalized spacial score (nSPS) is 22.5. The minimum atomic E-state index is 0.369. The van der Waals surface area contributed by atoms with Crippen LogP contribution in [0, 0.1) is 6.92 Å². The van der Waals surface area contributed by atoms with Gasteiger partial charge in [0.1, 0.15) is 5.76 Å². The third kappa shape index (κ3) is 1.59. The molecule has 1 fully saturated rings.